The average molecular weight is 520 g/mol. The van der Waals surface area contributed by atoms with Crippen molar-refractivity contribution in [3.05, 3.63) is 65.2 Å². The molecule has 9 nitrogen and oxygen atoms in total. The molecule has 0 unspecified atom stereocenters. The molecule has 198 valence electrons. The van der Waals surface area contributed by atoms with Crippen LogP contribution in [-0.4, -0.2) is 52.8 Å². The first-order valence-corrected chi connectivity index (χ1v) is 12.4. The fourth-order valence-corrected chi connectivity index (χ4v) is 6.05. The van der Waals surface area contributed by atoms with Crippen LogP contribution in [0.15, 0.2) is 48.5 Å². The molecule has 6 rings (SSSR count). The lowest BCUT2D eigenvalue weighted by Gasteiger charge is -2.37. The van der Waals surface area contributed by atoms with Crippen LogP contribution < -0.4 is 33.3 Å². The van der Waals surface area contributed by atoms with E-state index >= 15 is 0 Å². The highest BCUT2D eigenvalue weighted by Gasteiger charge is 2.53. The standard InChI is InChI=1S/C29H29NO8/c1-33-17-7-5-16(6-8-17)30-13-20-26(29(30)32)25(15-9-23(34-2)28(36-4)24(10-15)35-3)18-11-21-22(38-14-37-21)12-19(18)27(20)31/h5-12,20,25-27,31H,13-14H2,1-4H3/t20-,25-,26+,27-/m1/s1. The summed E-state index contributed by atoms with van der Waals surface area (Å²) >= 11 is 0. The van der Waals surface area contributed by atoms with Crippen molar-refractivity contribution in [1.29, 1.82) is 0 Å². The Labute approximate surface area is 220 Å². The molecule has 0 radical (unpaired) electrons. The highest BCUT2D eigenvalue weighted by molar-refractivity contribution is 5.99. The smallest absolute Gasteiger partial charge is 0.231 e. The lowest BCUT2D eigenvalue weighted by molar-refractivity contribution is -0.122. The molecule has 1 saturated heterocycles. The molecular formula is C29H29NO8. The normalized spacial score (nSPS) is 23.1. The molecule has 9 heteroatoms. The Hall–Kier alpha value is -4.11. The molecule has 3 aliphatic rings. The van der Waals surface area contributed by atoms with Crippen LogP contribution in [0.3, 0.4) is 0 Å². The molecule has 0 spiro atoms. The highest BCUT2D eigenvalue weighted by atomic mass is 16.7. The van der Waals surface area contributed by atoms with E-state index in [-0.39, 0.29) is 18.6 Å². The fraction of sp³-hybridized carbons (Fsp3) is 0.345. The molecular weight excluding hydrogens is 490 g/mol. The van der Waals surface area contributed by atoms with Crippen LogP contribution in [0.2, 0.25) is 0 Å². The van der Waals surface area contributed by atoms with Gasteiger partial charge in [-0.05, 0) is 65.2 Å². The number of fused-ring (bicyclic) bond motifs is 3. The van der Waals surface area contributed by atoms with Crippen LogP contribution in [0.1, 0.15) is 28.7 Å². The summed E-state index contributed by atoms with van der Waals surface area (Å²) in [6.07, 6.45) is -0.866. The number of carbonyl (C=O) groups is 1. The minimum atomic E-state index is -0.866. The second kappa shape index (κ2) is 9.33. The van der Waals surface area contributed by atoms with Crippen molar-refractivity contribution in [2.45, 2.75) is 12.0 Å². The Morgan fingerprint density at radius 2 is 1.47 bits per heavy atom. The van der Waals surface area contributed by atoms with Gasteiger partial charge in [0.1, 0.15) is 5.75 Å². The number of carbonyl (C=O) groups excluding carboxylic acids is 1. The maximum atomic E-state index is 14.1. The molecule has 0 bridgehead atoms. The third kappa shape index (κ3) is 3.60. The summed E-state index contributed by atoms with van der Waals surface area (Å²) in [5.41, 5.74) is 3.09. The van der Waals surface area contributed by atoms with Crippen molar-refractivity contribution in [2.75, 3.05) is 46.7 Å². The topological polar surface area (TPSA) is 95.9 Å². The lowest BCUT2D eigenvalue weighted by Crippen LogP contribution is -2.35. The number of benzene rings is 3. The summed E-state index contributed by atoms with van der Waals surface area (Å²) in [4.78, 5) is 15.9. The van der Waals surface area contributed by atoms with Crippen LogP contribution in [0, 0.1) is 11.8 Å². The van der Waals surface area contributed by atoms with Gasteiger partial charge in [0.2, 0.25) is 18.4 Å². The molecule has 1 amide bonds. The molecule has 3 aromatic rings. The summed E-state index contributed by atoms with van der Waals surface area (Å²) in [5.74, 6) is 1.95. The first-order valence-electron chi connectivity index (χ1n) is 12.4. The number of hydrogen-bond acceptors (Lipinski definition) is 8. The monoisotopic (exact) mass is 519 g/mol. The molecule has 1 fully saturated rings. The zero-order chi connectivity index (χ0) is 26.6. The van der Waals surface area contributed by atoms with Crippen molar-refractivity contribution in [3.63, 3.8) is 0 Å². The predicted molar refractivity (Wildman–Crippen MR) is 138 cm³/mol. The lowest BCUT2D eigenvalue weighted by atomic mass is 9.66. The van der Waals surface area contributed by atoms with Gasteiger partial charge >= 0.3 is 0 Å². The Morgan fingerprint density at radius 1 is 0.842 bits per heavy atom. The number of anilines is 1. The van der Waals surface area contributed by atoms with Crippen molar-refractivity contribution in [2.24, 2.45) is 11.8 Å². The largest absolute Gasteiger partial charge is 0.497 e. The van der Waals surface area contributed by atoms with E-state index in [4.69, 9.17) is 28.4 Å². The van der Waals surface area contributed by atoms with Gasteiger partial charge in [0, 0.05) is 24.1 Å². The van der Waals surface area contributed by atoms with Gasteiger partial charge in [0.25, 0.3) is 0 Å². The number of methoxy groups -OCH3 is 4. The van der Waals surface area contributed by atoms with Gasteiger partial charge in [0.05, 0.1) is 40.5 Å². The van der Waals surface area contributed by atoms with Gasteiger partial charge in [0.15, 0.2) is 23.0 Å². The Morgan fingerprint density at radius 3 is 2.05 bits per heavy atom. The Bertz CT molecular complexity index is 1360. The minimum Gasteiger partial charge on any atom is -0.497 e. The molecule has 38 heavy (non-hydrogen) atoms. The number of rotatable bonds is 6. The minimum absolute atomic E-state index is 0.0683. The van der Waals surface area contributed by atoms with Gasteiger partial charge in [-0.3, -0.25) is 4.79 Å². The molecule has 2 heterocycles. The Kier molecular flexibility index (Phi) is 5.95. The second-order valence-electron chi connectivity index (χ2n) is 9.55. The summed E-state index contributed by atoms with van der Waals surface area (Å²) in [6, 6.07) is 14.8. The van der Waals surface area contributed by atoms with Crippen molar-refractivity contribution in [1.82, 2.24) is 0 Å². The third-order valence-electron chi connectivity index (χ3n) is 7.83. The summed E-state index contributed by atoms with van der Waals surface area (Å²) < 4.78 is 33.4. The second-order valence-corrected chi connectivity index (χ2v) is 9.55. The van der Waals surface area contributed by atoms with Crippen LogP contribution in [-0.2, 0) is 4.79 Å². The molecule has 0 saturated carbocycles. The third-order valence-corrected chi connectivity index (χ3v) is 7.83. The van der Waals surface area contributed by atoms with E-state index in [1.807, 2.05) is 48.5 Å². The first kappa shape index (κ1) is 24.2. The highest BCUT2D eigenvalue weighted by Crippen LogP contribution is 2.56. The molecule has 4 atom stereocenters. The van der Waals surface area contributed by atoms with Gasteiger partial charge in [-0.25, -0.2) is 0 Å². The van der Waals surface area contributed by atoms with Crippen LogP contribution in [0.5, 0.6) is 34.5 Å². The van der Waals surface area contributed by atoms with E-state index in [2.05, 4.69) is 0 Å². The molecule has 1 N–H and O–H groups in total. The number of aliphatic hydroxyl groups excluding tert-OH is 1. The van der Waals surface area contributed by atoms with E-state index in [0.29, 0.717) is 41.0 Å². The number of nitrogens with zero attached hydrogens (tertiary/aromatic N) is 1. The van der Waals surface area contributed by atoms with Crippen LogP contribution >= 0.6 is 0 Å². The van der Waals surface area contributed by atoms with E-state index in [1.165, 1.54) is 0 Å². The maximum absolute atomic E-state index is 14.1. The summed E-state index contributed by atoms with van der Waals surface area (Å²) in [5, 5.41) is 11.6. The molecule has 2 aliphatic heterocycles. The quantitative estimate of drug-likeness (QED) is 0.524. The maximum Gasteiger partial charge on any atom is 0.231 e. The fourth-order valence-electron chi connectivity index (χ4n) is 6.05. The van der Waals surface area contributed by atoms with Gasteiger partial charge in [-0.15, -0.1) is 0 Å². The van der Waals surface area contributed by atoms with E-state index < -0.39 is 17.9 Å². The number of aliphatic hydroxyl groups is 1. The molecule has 1 aliphatic carbocycles. The van der Waals surface area contributed by atoms with E-state index in [1.54, 1.807) is 33.3 Å². The van der Waals surface area contributed by atoms with Crippen molar-refractivity contribution >= 4 is 11.6 Å². The Balaban J connectivity index is 1.52. The summed E-state index contributed by atoms with van der Waals surface area (Å²) in [6.45, 7) is 0.478. The van der Waals surface area contributed by atoms with E-state index in [0.717, 1.165) is 22.4 Å². The average Bonchev–Trinajstić information content (AvgIpc) is 3.56. The SMILES string of the molecule is COc1ccc(N2C[C@@H]3[C@H](C2=O)[C@H](c2cc(OC)c(OC)c(OC)c2)c2cc4c(cc2[C@H]3O)OCO4)cc1. The number of hydrogen-bond donors (Lipinski definition) is 1. The molecule has 0 aromatic heterocycles. The number of amides is 1. The zero-order valence-electron chi connectivity index (χ0n) is 21.6. The zero-order valence-corrected chi connectivity index (χ0v) is 21.6. The predicted octanol–water partition coefficient (Wildman–Crippen LogP) is 3.91. The van der Waals surface area contributed by atoms with Crippen molar-refractivity contribution < 1.29 is 38.3 Å². The summed E-state index contributed by atoms with van der Waals surface area (Å²) in [7, 11) is 6.28. The van der Waals surface area contributed by atoms with Crippen LogP contribution in [0.25, 0.3) is 0 Å². The van der Waals surface area contributed by atoms with Gasteiger partial charge in [-0.1, -0.05) is 0 Å². The van der Waals surface area contributed by atoms with Gasteiger partial charge < -0.3 is 38.4 Å². The van der Waals surface area contributed by atoms with Crippen molar-refractivity contribution in [3.8, 4) is 34.5 Å². The number of ether oxygens (including phenoxy) is 6. The van der Waals surface area contributed by atoms with Gasteiger partial charge in [-0.2, -0.15) is 0 Å². The first-order chi connectivity index (χ1) is 18.5. The van der Waals surface area contributed by atoms with E-state index in [9.17, 15) is 9.90 Å². The molecule has 3 aromatic carbocycles. The van der Waals surface area contributed by atoms with Crippen LogP contribution in [0.4, 0.5) is 5.69 Å².